The molecule has 194 valence electrons. The topological polar surface area (TPSA) is 109 Å². The Bertz CT molecular complexity index is 1290. The van der Waals surface area contributed by atoms with Crippen molar-refractivity contribution in [2.45, 2.75) is 61.7 Å². The zero-order valence-electron chi connectivity index (χ0n) is 20.8. The molecule has 5 aliphatic rings. The van der Waals surface area contributed by atoms with E-state index in [-0.39, 0.29) is 40.1 Å². The number of aromatic hydroxyl groups is 1. The predicted molar refractivity (Wildman–Crippen MR) is 134 cm³/mol. The standard InChI is InChI=1S/C28H31N3O6/c1-29(24(33)7-2-16-8-11-36-15-16)20-5-4-19-22-12-17-3-6-23(32)26-25(17)28(19,27(20)37-26)9-10-30(22)14-18-13-21(18)31(34)35/h2-3,6-8,11,15,18-22,27,32H,4-5,9-10,12-14H2,1H3/t18?,19-,20-,21?,22+,27-,28-/m0/s1. The number of phenolic OH excluding ortho intramolecular Hbond substituents is 1. The predicted octanol–water partition coefficient (Wildman–Crippen LogP) is 3.23. The highest BCUT2D eigenvalue weighted by Crippen LogP contribution is 2.64. The Labute approximate surface area is 214 Å². The lowest BCUT2D eigenvalue weighted by Gasteiger charge is -2.60. The maximum absolute atomic E-state index is 13.2. The summed E-state index contributed by atoms with van der Waals surface area (Å²) in [4.78, 5) is 28.7. The molecule has 9 heteroatoms. The summed E-state index contributed by atoms with van der Waals surface area (Å²) in [6.07, 6.45) is 10.4. The summed E-state index contributed by atoms with van der Waals surface area (Å²) in [5, 5.41) is 22.1. The van der Waals surface area contributed by atoms with Gasteiger partial charge in [-0.25, -0.2) is 0 Å². The summed E-state index contributed by atoms with van der Waals surface area (Å²) in [6, 6.07) is 5.33. The van der Waals surface area contributed by atoms with Crippen LogP contribution >= 0.6 is 0 Å². The van der Waals surface area contributed by atoms with E-state index in [1.165, 1.54) is 5.56 Å². The van der Waals surface area contributed by atoms with Crippen molar-refractivity contribution in [3.63, 3.8) is 0 Å². The molecule has 3 aliphatic carbocycles. The van der Waals surface area contributed by atoms with Gasteiger partial charge < -0.3 is 19.2 Å². The molecule has 37 heavy (non-hydrogen) atoms. The number of piperidine rings is 1. The van der Waals surface area contributed by atoms with Crippen molar-refractivity contribution in [2.24, 2.45) is 11.8 Å². The third kappa shape index (κ3) is 3.29. The highest BCUT2D eigenvalue weighted by atomic mass is 16.6. The summed E-state index contributed by atoms with van der Waals surface area (Å²) >= 11 is 0. The van der Waals surface area contributed by atoms with Crippen LogP contribution in [0.15, 0.2) is 41.2 Å². The van der Waals surface area contributed by atoms with Gasteiger partial charge in [-0.3, -0.25) is 19.8 Å². The summed E-state index contributed by atoms with van der Waals surface area (Å²) < 4.78 is 11.7. The van der Waals surface area contributed by atoms with Gasteiger partial charge in [0.15, 0.2) is 11.5 Å². The maximum atomic E-state index is 13.2. The monoisotopic (exact) mass is 505 g/mol. The van der Waals surface area contributed by atoms with E-state index in [1.54, 1.807) is 41.7 Å². The fourth-order valence-electron chi connectivity index (χ4n) is 8.03. The quantitative estimate of drug-likeness (QED) is 0.365. The molecule has 2 bridgehead atoms. The molecule has 7 atom stereocenters. The van der Waals surface area contributed by atoms with Gasteiger partial charge in [-0.15, -0.1) is 0 Å². The summed E-state index contributed by atoms with van der Waals surface area (Å²) in [7, 11) is 1.84. The number of carbonyl (C=O) groups is 1. The Morgan fingerprint density at radius 1 is 1.35 bits per heavy atom. The summed E-state index contributed by atoms with van der Waals surface area (Å²) in [5.41, 5.74) is 2.92. The second-order valence-electron chi connectivity index (χ2n) is 11.5. The average Bonchev–Trinajstić information content (AvgIpc) is 3.29. The van der Waals surface area contributed by atoms with E-state index in [9.17, 15) is 20.0 Å². The number of amides is 1. The van der Waals surface area contributed by atoms with Gasteiger partial charge in [0.05, 0.1) is 18.6 Å². The SMILES string of the molecule is CN(C(=O)C=Cc1ccoc1)[C@H]1CC[C@H]2[C@H]3Cc4ccc(O)c5c4[C@@]2(CCN3CC2CC2[N+](=O)[O-])[C@H]1O5. The number of rotatable bonds is 6. The first-order chi connectivity index (χ1) is 17.9. The number of nitrogens with zero attached hydrogens (tertiary/aromatic N) is 3. The van der Waals surface area contributed by atoms with E-state index < -0.39 is 6.04 Å². The van der Waals surface area contributed by atoms with Crippen LogP contribution in [0.25, 0.3) is 6.08 Å². The average molecular weight is 506 g/mol. The van der Waals surface area contributed by atoms with Gasteiger partial charge >= 0.3 is 0 Å². The number of phenols is 1. The fourth-order valence-corrected chi connectivity index (χ4v) is 8.03. The lowest BCUT2D eigenvalue weighted by molar-refractivity contribution is -0.498. The third-order valence-corrected chi connectivity index (χ3v) is 9.83. The smallest absolute Gasteiger partial charge is 0.246 e. The van der Waals surface area contributed by atoms with E-state index in [2.05, 4.69) is 4.90 Å². The normalized spacial score (nSPS) is 35.2. The number of carbonyl (C=O) groups excluding carboxylic acids is 1. The molecular weight excluding hydrogens is 474 g/mol. The fraction of sp³-hybridized carbons (Fsp3) is 0.536. The second kappa shape index (κ2) is 8.08. The number of likely N-dealkylation sites (tertiary alicyclic amines) is 1. The first kappa shape index (κ1) is 22.8. The van der Waals surface area contributed by atoms with Crippen LogP contribution < -0.4 is 4.74 Å². The van der Waals surface area contributed by atoms with Crippen LogP contribution in [0.4, 0.5) is 0 Å². The molecule has 2 saturated carbocycles. The molecule has 2 aliphatic heterocycles. The summed E-state index contributed by atoms with van der Waals surface area (Å²) in [6.45, 7) is 1.62. The Hall–Kier alpha value is -3.33. The Morgan fingerprint density at radius 2 is 2.22 bits per heavy atom. The number of benzene rings is 1. The molecule has 9 nitrogen and oxygen atoms in total. The number of nitro groups is 1. The van der Waals surface area contributed by atoms with Crippen LogP contribution in [0, 0.1) is 22.0 Å². The zero-order chi connectivity index (χ0) is 25.5. The molecule has 1 saturated heterocycles. The van der Waals surface area contributed by atoms with Gasteiger partial charge in [0.1, 0.15) is 6.10 Å². The summed E-state index contributed by atoms with van der Waals surface area (Å²) in [5.74, 6) is 1.14. The third-order valence-electron chi connectivity index (χ3n) is 9.83. The number of hydrogen-bond donors (Lipinski definition) is 1. The molecule has 3 fully saturated rings. The van der Waals surface area contributed by atoms with E-state index in [1.807, 2.05) is 13.1 Å². The van der Waals surface area contributed by atoms with Gasteiger partial charge in [0.2, 0.25) is 11.9 Å². The van der Waals surface area contributed by atoms with Gasteiger partial charge in [-0.1, -0.05) is 6.07 Å². The Kier molecular flexibility index (Phi) is 4.99. The Morgan fingerprint density at radius 3 is 2.97 bits per heavy atom. The minimum Gasteiger partial charge on any atom is -0.504 e. The van der Waals surface area contributed by atoms with Crippen molar-refractivity contribution < 1.29 is 24.0 Å². The molecule has 0 radical (unpaired) electrons. The molecule has 1 aromatic carbocycles. The lowest BCUT2D eigenvalue weighted by Crippen LogP contribution is -2.69. The number of hydrogen-bond acceptors (Lipinski definition) is 7. The largest absolute Gasteiger partial charge is 0.504 e. The molecule has 1 amide bonds. The van der Waals surface area contributed by atoms with E-state index in [4.69, 9.17) is 9.15 Å². The molecule has 2 aromatic rings. The number of furan rings is 1. The minimum absolute atomic E-state index is 0.0885. The number of ether oxygens (including phenoxy) is 1. The van der Waals surface area contributed by atoms with Crippen LogP contribution in [0.3, 0.4) is 0 Å². The highest BCUT2D eigenvalue weighted by molar-refractivity contribution is 5.91. The van der Waals surface area contributed by atoms with Crippen molar-refractivity contribution in [3.05, 3.63) is 63.6 Å². The molecule has 2 unspecified atom stereocenters. The van der Waals surface area contributed by atoms with Crippen LogP contribution in [-0.4, -0.2) is 70.1 Å². The van der Waals surface area contributed by atoms with E-state index in [0.717, 1.165) is 49.9 Å². The van der Waals surface area contributed by atoms with Crippen molar-refractivity contribution in [3.8, 4) is 11.5 Å². The lowest BCUT2D eigenvalue weighted by atomic mass is 9.51. The van der Waals surface area contributed by atoms with Crippen LogP contribution in [-0.2, 0) is 16.6 Å². The van der Waals surface area contributed by atoms with Gasteiger partial charge in [0, 0.05) is 59.5 Å². The molecule has 3 heterocycles. The first-order valence-corrected chi connectivity index (χ1v) is 13.2. The molecule has 1 spiro atoms. The van der Waals surface area contributed by atoms with E-state index >= 15 is 0 Å². The molecule has 1 aromatic heterocycles. The first-order valence-electron chi connectivity index (χ1n) is 13.2. The van der Waals surface area contributed by atoms with Crippen LogP contribution in [0.1, 0.15) is 42.4 Å². The van der Waals surface area contributed by atoms with Gasteiger partial charge in [0.25, 0.3) is 0 Å². The maximum Gasteiger partial charge on any atom is 0.246 e. The number of likely N-dealkylation sites (N-methyl/N-ethyl adjacent to an activating group) is 1. The Balaban J connectivity index is 1.21. The highest BCUT2D eigenvalue weighted by Gasteiger charge is 2.67. The molecule has 7 rings (SSSR count). The van der Waals surface area contributed by atoms with Gasteiger partial charge in [-0.05, 0) is 61.9 Å². The van der Waals surface area contributed by atoms with Crippen LogP contribution in [0.2, 0.25) is 0 Å². The van der Waals surface area contributed by atoms with E-state index in [0.29, 0.717) is 24.1 Å². The zero-order valence-corrected chi connectivity index (χ0v) is 20.8. The van der Waals surface area contributed by atoms with Crippen molar-refractivity contribution >= 4 is 12.0 Å². The van der Waals surface area contributed by atoms with Crippen LogP contribution in [0.5, 0.6) is 11.5 Å². The van der Waals surface area contributed by atoms with Gasteiger partial charge in [-0.2, -0.15) is 0 Å². The molecule has 1 N–H and O–H groups in total. The van der Waals surface area contributed by atoms with Crippen molar-refractivity contribution in [2.75, 3.05) is 20.1 Å². The van der Waals surface area contributed by atoms with Crippen molar-refractivity contribution in [1.29, 1.82) is 0 Å². The second-order valence-corrected chi connectivity index (χ2v) is 11.5. The van der Waals surface area contributed by atoms with Crippen molar-refractivity contribution in [1.82, 2.24) is 9.80 Å². The minimum atomic E-state index is -0.400. The molecular formula is C28H31N3O6.